The predicted molar refractivity (Wildman–Crippen MR) is 284 cm³/mol. The van der Waals surface area contributed by atoms with E-state index in [9.17, 15) is 0 Å². The van der Waals surface area contributed by atoms with Crippen molar-refractivity contribution in [3.63, 3.8) is 0 Å². The predicted octanol–water partition coefficient (Wildman–Crippen LogP) is 15.9. The quantitative estimate of drug-likeness (QED) is 0.156. The molecule has 0 fully saturated rings. The van der Waals surface area contributed by atoms with Crippen LogP contribution in [0.1, 0.15) is 23.5 Å². The van der Waals surface area contributed by atoms with Crippen LogP contribution in [0.15, 0.2) is 229 Å². The summed E-state index contributed by atoms with van der Waals surface area (Å²) >= 11 is 0. The van der Waals surface area contributed by atoms with Crippen molar-refractivity contribution in [2.24, 2.45) is 4.99 Å². The van der Waals surface area contributed by atoms with Crippen LogP contribution in [0.3, 0.4) is 0 Å². The van der Waals surface area contributed by atoms with Gasteiger partial charge >= 0.3 is 0 Å². The second-order valence-electron chi connectivity index (χ2n) is 18.1. The zero-order chi connectivity index (χ0) is 45.4. The third-order valence-electron chi connectivity index (χ3n) is 14.2. The Labute approximate surface area is 399 Å². The summed E-state index contributed by atoms with van der Waals surface area (Å²) in [5.41, 5.74) is 12.2. The van der Waals surface area contributed by atoms with Crippen molar-refractivity contribution >= 4 is 66.2 Å². The van der Waals surface area contributed by atoms with Gasteiger partial charge in [-0.25, -0.2) is 19.9 Å². The van der Waals surface area contributed by atoms with Crippen LogP contribution < -0.4 is 4.90 Å². The van der Waals surface area contributed by atoms with Crippen molar-refractivity contribution in [2.75, 3.05) is 4.90 Å². The molecule has 69 heavy (non-hydrogen) atoms. The first-order valence-electron chi connectivity index (χ1n) is 23.7. The summed E-state index contributed by atoms with van der Waals surface area (Å²) in [6.45, 7) is 0. The largest absolute Gasteiger partial charge is 0.298 e. The number of anilines is 2. The lowest BCUT2D eigenvalue weighted by atomic mass is 9.91. The molecule has 0 spiro atoms. The molecule has 1 atom stereocenters. The summed E-state index contributed by atoms with van der Waals surface area (Å²) in [5, 5.41) is 8.78. The Morgan fingerprint density at radius 2 is 0.899 bits per heavy atom. The maximum Gasteiger partial charge on any atom is 0.164 e. The fraction of sp³-hybridized carbons (Fsp3) is 0.0476. The minimum Gasteiger partial charge on any atom is -0.298 e. The van der Waals surface area contributed by atoms with Crippen LogP contribution in [0.4, 0.5) is 17.2 Å². The molecule has 0 radical (unpaired) electrons. The maximum atomic E-state index is 5.89. The van der Waals surface area contributed by atoms with Crippen molar-refractivity contribution in [1.29, 1.82) is 0 Å². The number of rotatable bonds is 6. The first-order valence-corrected chi connectivity index (χ1v) is 23.7. The van der Waals surface area contributed by atoms with Gasteiger partial charge in [-0.3, -0.25) is 9.47 Å². The van der Waals surface area contributed by atoms with Gasteiger partial charge in [0.1, 0.15) is 11.7 Å². The van der Waals surface area contributed by atoms with Crippen LogP contribution in [-0.2, 0) is 6.42 Å². The van der Waals surface area contributed by atoms with Crippen LogP contribution in [-0.4, -0.2) is 25.4 Å². The zero-order valence-corrected chi connectivity index (χ0v) is 37.5. The van der Waals surface area contributed by atoms with Gasteiger partial charge in [-0.05, 0) is 110 Å². The van der Waals surface area contributed by atoms with Gasteiger partial charge in [-0.2, -0.15) is 0 Å². The molecule has 0 saturated carbocycles. The van der Waals surface area contributed by atoms with E-state index in [1.54, 1.807) is 0 Å². The molecule has 2 aliphatic rings. The van der Waals surface area contributed by atoms with E-state index in [0.717, 1.165) is 69.4 Å². The van der Waals surface area contributed by atoms with Crippen molar-refractivity contribution < 1.29 is 0 Å². The number of hydrogen-bond donors (Lipinski definition) is 0. The van der Waals surface area contributed by atoms with E-state index in [0.29, 0.717) is 17.5 Å². The van der Waals surface area contributed by atoms with Gasteiger partial charge in [0.15, 0.2) is 17.5 Å². The molecule has 0 saturated heterocycles. The molecule has 0 amide bonds. The van der Waals surface area contributed by atoms with Crippen LogP contribution >= 0.6 is 0 Å². The summed E-state index contributed by atoms with van der Waals surface area (Å²) in [4.78, 5) is 23.4. The van der Waals surface area contributed by atoms with Crippen LogP contribution in [0.25, 0.3) is 94.2 Å². The summed E-state index contributed by atoms with van der Waals surface area (Å²) in [6.07, 6.45) is 1.81. The highest BCUT2D eigenvalue weighted by molar-refractivity contribution is 6.26. The molecule has 0 aliphatic carbocycles. The first-order chi connectivity index (χ1) is 34.2. The number of fused-ring (bicyclic) bond motifs is 12. The summed E-state index contributed by atoms with van der Waals surface area (Å²) < 4.78 is 2.37. The molecule has 4 heterocycles. The molecule has 14 rings (SSSR count). The smallest absolute Gasteiger partial charge is 0.164 e. The Morgan fingerprint density at radius 3 is 1.57 bits per heavy atom. The summed E-state index contributed by atoms with van der Waals surface area (Å²) in [5.74, 6) is 4.03. The number of nitrogens with zero attached hydrogens (tertiary/aromatic N) is 6. The molecule has 12 aromatic rings. The molecule has 0 N–H and O–H groups in total. The molecular formula is C63H42N6. The molecule has 2 aliphatic heterocycles. The van der Waals surface area contributed by atoms with Gasteiger partial charge in [0, 0.05) is 44.9 Å². The lowest BCUT2D eigenvalue weighted by molar-refractivity contribution is 0.789. The Bertz CT molecular complexity index is 3930. The SMILES string of the molecule is c1ccc(-c2nc(-c3ccccc3)nc(-c3cccc(-c4ccc5c(c4)C4CCc6c(n(-c7ccccc7)c7ccccc67)N=C4N5c4ccc5c6ccccc6c6ccccc6c5c4)c3)n2)cc1. The number of benzene rings is 10. The van der Waals surface area contributed by atoms with Gasteiger partial charge in [-0.15, -0.1) is 0 Å². The van der Waals surface area contributed by atoms with Gasteiger partial charge in [0.2, 0.25) is 0 Å². The number of amidine groups is 1. The van der Waals surface area contributed by atoms with E-state index in [-0.39, 0.29) is 5.92 Å². The average molecular weight is 883 g/mol. The Morgan fingerprint density at radius 1 is 0.377 bits per heavy atom. The third-order valence-corrected chi connectivity index (χ3v) is 14.2. The molecule has 6 heteroatoms. The number of aryl methyl sites for hydroxylation is 1. The molecule has 324 valence electrons. The maximum absolute atomic E-state index is 5.89. The summed E-state index contributed by atoms with van der Waals surface area (Å²) in [7, 11) is 0. The van der Waals surface area contributed by atoms with Gasteiger partial charge in [-0.1, -0.05) is 176 Å². The monoisotopic (exact) mass is 882 g/mol. The first kappa shape index (κ1) is 39.2. The second-order valence-corrected chi connectivity index (χ2v) is 18.1. The number of para-hydroxylation sites is 2. The van der Waals surface area contributed by atoms with Gasteiger partial charge < -0.3 is 0 Å². The van der Waals surface area contributed by atoms with Crippen molar-refractivity contribution in [3.8, 4) is 51.0 Å². The van der Waals surface area contributed by atoms with Crippen molar-refractivity contribution in [3.05, 3.63) is 236 Å². The van der Waals surface area contributed by atoms with E-state index < -0.39 is 0 Å². The standard InChI is InChI=1S/C63H42N6/c1-4-17-40(18-5-1)59-64-60(41-19-6-2-7-20-41)66-61(65-59)44-22-16-21-42(37-44)43-31-36-58-56(38-43)54-35-34-53-52-29-14-15-30-57(52)68(45-23-8-3-9-24-45)62(53)67-63(54)69(58)46-32-33-51-49-27-11-10-25-47(49)48-26-12-13-28-50(48)55(51)39-46/h1-33,36-39,54H,34-35H2. The molecule has 0 bridgehead atoms. The topological polar surface area (TPSA) is 59.2 Å². The van der Waals surface area contributed by atoms with Gasteiger partial charge in [0.25, 0.3) is 0 Å². The lowest BCUT2D eigenvalue weighted by Crippen LogP contribution is -2.24. The van der Waals surface area contributed by atoms with E-state index in [1.165, 1.54) is 54.3 Å². The number of aliphatic imine (C=N–C) groups is 1. The highest BCUT2D eigenvalue weighted by Crippen LogP contribution is 2.51. The van der Waals surface area contributed by atoms with Crippen LogP contribution in [0, 0.1) is 0 Å². The van der Waals surface area contributed by atoms with E-state index in [4.69, 9.17) is 19.9 Å². The highest BCUT2D eigenvalue weighted by atomic mass is 15.3. The molecule has 10 aromatic carbocycles. The van der Waals surface area contributed by atoms with E-state index >= 15 is 0 Å². The Hall–Kier alpha value is -9.00. The molecular weight excluding hydrogens is 841 g/mol. The third kappa shape index (κ3) is 6.40. The normalized spacial score (nSPS) is 14.2. The highest BCUT2D eigenvalue weighted by Gasteiger charge is 2.39. The van der Waals surface area contributed by atoms with Crippen molar-refractivity contribution in [2.45, 2.75) is 18.8 Å². The Balaban J connectivity index is 0.952. The molecule has 6 nitrogen and oxygen atoms in total. The fourth-order valence-electron chi connectivity index (χ4n) is 11.0. The van der Waals surface area contributed by atoms with Crippen molar-refractivity contribution in [1.82, 2.24) is 19.5 Å². The molecule has 2 aromatic heterocycles. The van der Waals surface area contributed by atoms with E-state index in [1.807, 2.05) is 60.7 Å². The minimum atomic E-state index is 0.0490. The van der Waals surface area contributed by atoms with Gasteiger partial charge in [0.05, 0.1) is 11.2 Å². The van der Waals surface area contributed by atoms with Crippen LogP contribution in [0.5, 0.6) is 0 Å². The van der Waals surface area contributed by atoms with E-state index in [2.05, 4.69) is 173 Å². The zero-order valence-electron chi connectivity index (χ0n) is 37.5. The van der Waals surface area contributed by atoms with Crippen LogP contribution in [0.2, 0.25) is 0 Å². The number of aromatic nitrogens is 4. The lowest BCUT2D eigenvalue weighted by Gasteiger charge is -2.23. The minimum absolute atomic E-state index is 0.0490. The molecule has 1 unspecified atom stereocenters. The average Bonchev–Trinajstić information content (AvgIpc) is 3.83. The number of hydrogen-bond acceptors (Lipinski definition) is 5. The Kier molecular flexibility index (Phi) is 8.99. The fourth-order valence-corrected chi connectivity index (χ4v) is 11.0. The second kappa shape index (κ2) is 15.8. The summed E-state index contributed by atoms with van der Waals surface area (Å²) in [6, 6.07) is 80.1.